The van der Waals surface area contributed by atoms with Crippen LogP contribution in [0.1, 0.15) is 51.9 Å². The van der Waals surface area contributed by atoms with Crippen LogP contribution in [0.4, 0.5) is 0 Å². The molecule has 0 amide bonds. The SMILES string of the molecule is CCCCC[C@H](O)C=C[C@H]1O[C@@H](O)C[C@H](O)[C@@H]1C/C=C/CC(=O)O. The summed E-state index contributed by atoms with van der Waals surface area (Å²) in [5.41, 5.74) is 0. The Morgan fingerprint density at radius 1 is 1.29 bits per heavy atom. The number of aliphatic hydroxyl groups excluding tert-OH is 3. The molecule has 0 radical (unpaired) electrons. The van der Waals surface area contributed by atoms with Crippen molar-refractivity contribution in [3.05, 3.63) is 24.3 Å². The van der Waals surface area contributed by atoms with Crippen LogP contribution in [-0.2, 0) is 9.53 Å². The number of aliphatic hydroxyl groups is 3. The number of ether oxygens (including phenoxy) is 1. The molecule has 0 spiro atoms. The predicted octanol–water partition coefficient (Wildman–Crippen LogP) is 1.99. The summed E-state index contributed by atoms with van der Waals surface area (Å²) in [7, 11) is 0. The molecular formula is C18H30O6. The van der Waals surface area contributed by atoms with E-state index in [1.807, 2.05) is 0 Å². The molecule has 24 heavy (non-hydrogen) atoms. The van der Waals surface area contributed by atoms with Gasteiger partial charge in [-0.15, -0.1) is 0 Å². The molecule has 6 nitrogen and oxygen atoms in total. The number of carboxylic acid groups (broad SMARTS) is 1. The molecule has 0 aromatic rings. The molecule has 0 aromatic carbocycles. The van der Waals surface area contributed by atoms with Crippen LogP contribution in [0.5, 0.6) is 0 Å². The molecule has 5 atom stereocenters. The fourth-order valence-corrected chi connectivity index (χ4v) is 2.79. The van der Waals surface area contributed by atoms with Gasteiger partial charge in [0, 0.05) is 12.3 Å². The summed E-state index contributed by atoms with van der Waals surface area (Å²) in [5.74, 6) is -1.19. The number of carbonyl (C=O) groups is 1. The Labute approximate surface area is 143 Å². The normalized spacial score (nSPS) is 29.3. The second kappa shape index (κ2) is 11.4. The molecule has 0 saturated carbocycles. The zero-order chi connectivity index (χ0) is 17.9. The van der Waals surface area contributed by atoms with E-state index >= 15 is 0 Å². The van der Waals surface area contributed by atoms with E-state index in [2.05, 4.69) is 6.92 Å². The number of allylic oxidation sites excluding steroid dienone is 1. The van der Waals surface area contributed by atoms with Crippen molar-refractivity contribution in [2.24, 2.45) is 5.92 Å². The summed E-state index contributed by atoms with van der Waals surface area (Å²) in [4.78, 5) is 10.5. The van der Waals surface area contributed by atoms with Crippen LogP contribution in [0.25, 0.3) is 0 Å². The highest BCUT2D eigenvalue weighted by Gasteiger charge is 2.35. The molecule has 0 unspecified atom stereocenters. The van der Waals surface area contributed by atoms with Crippen molar-refractivity contribution in [1.82, 2.24) is 0 Å². The molecule has 0 bridgehead atoms. The van der Waals surface area contributed by atoms with Crippen LogP contribution in [0, 0.1) is 5.92 Å². The third-order valence-corrected chi connectivity index (χ3v) is 4.17. The van der Waals surface area contributed by atoms with Crippen molar-refractivity contribution < 1.29 is 30.0 Å². The van der Waals surface area contributed by atoms with Gasteiger partial charge in [-0.1, -0.05) is 50.5 Å². The van der Waals surface area contributed by atoms with Gasteiger partial charge in [0.1, 0.15) is 0 Å². The lowest BCUT2D eigenvalue weighted by Gasteiger charge is -2.36. The molecule has 0 aliphatic carbocycles. The fraction of sp³-hybridized carbons (Fsp3) is 0.722. The minimum absolute atomic E-state index is 0.0665. The molecule has 6 heteroatoms. The molecule has 1 fully saturated rings. The Balaban J connectivity index is 2.60. The highest BCUT2D eigenvalue weighted by Crippen LogP contribution is 2.29. The molecule has 1 aliphatic heterocycles. The number of unbranched alkanes of at least 4 members (excludes halogenated alkanes) is 2. The van der Waals surface area contributed by atoms with E-state index in [9.17, 15) is 20.1 Å². The van der Waals surface area contributed by atoms with Gasteiger partial charge in [0.15, 0.2) is 6.29 Å². The van der Waals surface area contributed by atoms with E-state index < -0.39 is 30.6 Å². The zero-order valence-electron chi connectivity index (χ0n) is 14.3. The van der Waals surface area contributed by atoms with Crippen molar-refractivity contribution in [3.63, 3.8) is 0 Å². The van der Waals surface area contributed by atoms with Gasteiger partial charge in [-0.2, -0.15) is 0 Å². The van der Waals surface area contributed by atoms with Crippen molar-refractivity contribution in [2.75, 3.05) is 0 Å². The summed E-state index contributed by atoms with van der Waals surface area (Å²) in [6.45, 7) is 2.10. The van der Waals surface area contributed by atoms with Crippen LogP contribution in [0.15, 0.2) is 24.3 Å². The van der Waals surface area contributed by atoms with Gasteiger partial charge >= 0.3 is 5.97 Å². The van der Waals surface area contributed by atoms with Crippen LogP contribution in [0.2, 0.25) is 0 Å². The van der Waals surface area contributed by atoms with Crippen molar-refractivity contribution in [3.8, 4) is 0 Å². The molecular weight excluding hydrogens is 312 g/mol. The van der Waals surface area contributed by atoms with Gasteiger partial charge in [0.2, 0.25) is 0 Å². The third-order valence-electron chi connectivity index (χ3n) is 4.17. The van der Waals surface area contributed by atoms with Crippen molar-refractivity contribution in [2.45, 2.75) is 76.5 Å². The third kappa shape index (κ3) is 8.06. The smallest absolute Gasteiger partial charge is 0.307 e. The Kier molecular flexibility index (Phi) is 9.86. The van der Waals surface area contributed by atoms with E-state index in [0.717, 1.165) is 19.3 Å². The first kappa shape index (κ1) is 20.8. The topological polar surface area (TPSA) is 107 Å². The lowest BCUT2D eigenvalue weighted by atomic mass is 9.87. The molecule has 1 aliphatic rings. The Morgan fingerprint density at radius 2 is 2.04 bits per heavy atom. The first-order chi connectivity index (χ1) is 11.4. The summed E-state index contributed by atoms with van der Waals surface area (Å²) >= 11 is 0. The summed E-state index contributed by atoms with van der Waals surface area (Å²) in [6.07, 6.45) is 8.01. The Hall–Kier alpha value is -1.21. The first-order valence-electron chi connectivity index (χ1n) is 8.68. The number of rotatable bonds is 10. The van der Waals surface area contributed by atoms with Crippen LogP contribution < -0.4 is 0 Å². The highest BCUT2D eigenvalue weighted by atomic mass is 16.6. The van der Waals surface area contributed by atoms with E-state index in [1.165, 1.54) is 0 Å². The lowest BCUT2D eigenvalue weighted by Crippen LogP contribution is -2.43. The number of hydrogen-bond acceptors (Lipinski definition) is 5. The zero-order valence-corrected chi connectivity index (χ0v) is 14.3. The minimum Gasteiger partial charge on any atom is -0.481 e. The van der Waals surface area contributed by atoms with E-state index in [0.29, 0.717) is 12.8 Å². The highest BCUT2D eigenvalue weighted by molar-refractivity contribution is 5.68. The summed E-state index contributed by atoms with van der Waals surface area (Å²) in [5, 5.41) is 38.4. The predicted molar refractivity (Wildman–Crippen MR) is 90.3 cm³/mol. The lowest BCUT2D eigenvalue weighted by molar-refractivity contribution is -0.199. The van der Waals surface area contributed by atoms with Crippen LogP contribution in [0.3, 0.4) is 0 Å². The van der Waals surface area contributed by atoms with Gasteiger partial charge < -0.3 is 25.2 Å². The molecule has 1 rings (SSSR count). The van der Waals surface area contributed by atoms with Gasteiger partial charge in [0.25, 0.3) is 0 Å². The molecule has 4 N–H and O–H groups in total. The number of hydrogen-bond donors (Lipinski definition) is 4. The average Bonchev–Trinajstić information content (AvgIpc) is 2.51. The van der Waals surface area contributed by atoms with Crippen LogP contribution >= 0.6 is 0 Å². The second-order valence-electron chi connectivity index (χ2n) is 6.28. The standard InChI is InChI=1S/C18H30O6/c1-2-3-4-7-13(19)10-11-16-14(8-5-6-9-17(21)22)15(20)12-18(23)24-16/h5-6,10-11,13-16,18-20,23H,2-4,7-9,12H2,1H3,(H,21,22)/b6-5+,11-10?/t13-,14-,15-,16+,18+/m0/s1. The van der Waals surface area contributed by atoms with Crippen LogP contribution in [-0.4, -0.2) is 51.0 Å². The Bertz CT molecular complexity index is 420. The van der Waals surface area contributed by atoms with Gasteiger partial charge in [-0.25, -0.2) is 0 Å². The van der Waals surface area contributed by atoms with Crippen molar-refractivity contribution in [1.29, 1.82) is 0 Å². The largest absolute Gasteiger partial charge is 0.481 e. The Morgan fingerprint density at radius 3 is 2.71 bits per heavy atom. The average molecular weight is 342 g/mol. The first-order valence-corrected chi connectivity index (χ1v) is 8.68. The second-order valence-corrected chi connectivity index (χ2v) is 6.28. The molecule has 1 heterocycles. The van der Waals surface area contributed by atoms with Gasteiger partial charge in [-0.3, -0.25) is 4.79 Å². The van der Waals surface area contributed by atoms with Gasteiger partial charge in [0.05, 0.1) is 24.7 Å². The molecule has 0 aromatic heterocycles. The summed E-state index contributed by atoms with van der Waals surface area (Å²) < 4.78 is 5.47. The van der Waals surface area contributed by atoms with Gasteiger partial charge in [-0.05, 0) is 12.8 Å². The fourth-order valence-electron chi connectivity index (χ4n) is 2.79. The monoisotopic (exact) mass is 342 g/mol. The maximum absolute atomic E-state index is 10.5. The molecule has 138 valence electrons. The minimum atomic E-state index is -1.04. The quantitative estimate of drug-likeness (QED) is 0.357. The van der Waals surface area contributed by atoms with E-state index in [1.54, 1.807) is 24.3 Å². The number of aliphatic carboxylic acids is 1. The van der Waals surface area contributed by atoms with Crippen molar-refractivity contribution >= 4 is 5.97 Å². The maximum Gasteiger partial charge on any atom is 0.307 e. The van der Waals surface area contributed by atoms with E-state index in [4.69, 9.17) is 9.84 Å². The number of carboxylic acids is 1. The van der Waals surface area contributed by atoms with E-state index in [-0.39, 0.29) is 18.8 Å². The molecule has 1 saturated heterocycles. The maximum atomic E-state index is 10.5. The summed E-state index contributed by atoms with van der Waals surface area (Å²) in [6, 6.07) is 0.